The van der Waals surface area contributed by atoms with Gasteiger partial charge in [-0.3, -0.25) is 4.98 Å². The molecule has 0 amide bonds. The molecular weight excluding hydrogens is 472 g/mol. The number of azo groups is 1. The number of phenolic OH excluding ortho intramolecular Hbond substituents is 1. The summed E-state index contributed by atoms with van der Waals surface area (Å²) in [7, 11) is 0. The first-order chi connectivity index (χ1) is 18.8. The summed E-state index contributed by atoms with van der Waals surface area (Å²) < 4.78 is 6.12. The van der Waals surface area contributed by atoms with Crippen LogP contribution in [0.25, 0.3) is 10.9 Å². The summed E-state index contributed by atoms with van der Waals surface area (Å²) in [4.78, 5) is 8.48. The topological polar surface area (TPSA) is 80.0 Å². The number of fused-ring (bicyclic) bond motifs is 1. The Labute approximate surface area is 229 Å². The highest BCUT2D eigenvalue weighted by molar-refractivity contribution is 5.94. The van der Waals surface area contributed by atoms with Crippen molar-refractivity contribution in [2.75, 3.05) is 6.61 Å². The monoisotopic (exact) mass is 518 g/mol. The highest BCUT2D eigenvalue weighted by Crippen LogP contribution is 2.40. The van der Waals surface area contributed by atoms with Crippen LogP contribution in [0.15, 0.2) is 59.0 Å². The summed E-state index contributed by atoms with van der Waals surface area (Å²) in [6.07, 6.45) is 24.9. The van der Waals surface area contributed by atoms with Crippen molar-refractivity contribution in [2.24, 2.45) is 10.2 Å². The first-order valence-corrected chi connectivity index (χ1v) is 14.9. The van der Waals surface area contributed by atoms with Gasteiger partial charge >= 0.3 is 0 Å². The molecule has 3 rings (SSSR count). The van der Waals surface area contributed by atoms with E-state index in [4.69, 9.17) is 4.74 Å². The van der Waals surface area contributed by atoms with E-state index in [2.05, 4.69) is 27.1 Å². The van der Waals surface area contributed by atoms with Crippen molar-refractivity contribution in [3.63, 3.8) is 0 Å². The third-order valence-corrected chi connectivity index (χ3v) is 6.97. The van der Waals surface area contributed by atoms with Crippen LogP contribution in [0.3, 0.4) is 0 Å². The number of ether oxygens (including phenoxy) is 1. The second-order valence-corrected chi connectivity index (χ2v) is 10.2. The number of hydrogen-bond acceptors (Lipinski definition) is 6. The van der Waals surface area contributed by atoms with Gasteiger partial charge < -0.3 is 9.84 Å². The van der Waals surface area contributed by atoms with Gasteiger partial charge in [-0.1, -0.05) is 109 Å². The van der Waals surface area contributed by atoms with Crippen LogP contribution in [0, 0.1) is 0 Å². The number of nitrogens with zero attached hydrogens (tertiary/aromatic N) is 4. The maximum atomic E-state index is 10.7. The van der Waals surface area contributed by atoms with Crippen LogP contribution in [-0.2, 0) is 0 Å². The van der Waals surface area contributed by atoms with Crippen molar-refractivity contribution in [1.29, 1.82) is 0 Å². The molecule has 0 aliphatic heterocycles. The Morgan fingerprint density at radius 3 is 1.89 bits per heavy atom. The summed E-state index contributed by atoms with van der Waals surface area (Å²) in [6, 6.07) is 10.9. The molecule has 38 heavy (non-hydrogen) atoms. The van der Waals surface area contributed by atoms with E-state index in [1.807, 2.05) is 24.3 Å². The minimum Gasteiger partial charge on any atom is -0.504 e. The minimum absolute atomic E-state index is 0.00459. The largest absolute Gasteiger partial charge is 0.504 e. The summed E-state index contributed by atoms with van der Waals surface area (Å²) in [5.74, 6) is 1.14. The van der Waals surface area contributed by atoms with Gasteiger partial charge in [-0.05, 0) is 30.7 Å². The highest BCUT2D eigenvalue weighted by atomic mass is 16.5. The molecule has 0 aliphatic carbocycles. The zero-order valence-electron chi connectivity index (χ0n) is 23.3. The molecule has 0 atom stereocenters. The summed E-state index contributed by atoms with van der Waals surface area (Å²) in [5.41, 5.74) is 0.788. The first-order valence-electron chi connectivity index (χ1n) is 14.9. The quantitative estimate of drug-likeness (QED) is 0.119. The van der Waals surface area contributed by atoms with Gasteiger partial charge in [0.1, 0.15) is 17.0 Å². The van der Waals surface area contributed by atoms with Crippen molar-refractivity contribution in [3.05, 3.63) is 48.8 Å². The van der Waals surface area contributed by atoms with Gasteiger partial charge in [-0.15, -0.1) is 10.2 Å². The van der Waals surface area contributed by atoms with Crippen LogP contribution in [-0.4, -0.2) is 21.7 Å². The number of benzene rings is 1. The molecule has 0 saturated heterocycles. The number of aromatic hydroxyl groups is 1. The van der Waals surface area contributed by atoms with Gasteiger partial charge in [0, 0.05) is 23.8 Å². The molecule has 0 unspecified atom stereocenters. The molecule has 0 bridgehead atoms. The van der Waals surface area contributed by atoms with E-state index in [0.29, 0.717) is 29.4 Å². The van der Waals surface area contributed by atoms with E-state index < -0.39 is 0 Å². The van der Waals surface area contributed by atoms with E-state index in [1.54, 1.807) is 24.5 Å². The van der Waals surface area contributed by atoms with Crippen molar-refractivity contribution < 1.29 is 9.84 Å². The molecular formula is C32H46N4O2. The lowest BCUT2D eigenvalue weighted by Crippen LogP contribution is -1.98. The molecule has 0 radical (unpaired) electrons. The second-order valence-electron chi connectivity index (χ2n) is 10.2. The first kappa shape index (κ1) is 29.5. The average Bonchev–Trinajstić information content (AvgIpc) is 2.95. The van der Waals surface area contributed by atoms with Crippen molar-refractivity contribution in [3.8, 4) is 11.5 Å². The Hall–Kier alpha value is -3.02. The average molecular weight is 519 g/mol. The molecule has 0 spiro atoms. The Morgan fingerprint density at radius 1 is 0.684 bits per heavy atom. The fourth-order valence-electron chi connectivity index (χ4n) is 4.73. The van der Waals surface area contributed by atoms with Crippen molar-refractivity contribution in [2.45, 2.75) is 110 Å². The van der Waals surface area contributed by atoms with Gasteiger partial charge in [0.25, 0.3) is 0 Å². The zero-order valence-corrected chi connectivity index (χ0v) is 23.3. The van der Waals surface area contributed by atoms with Gasteiger partial charge in [0.15, 0.2) is 11.6 Å². The lowest BCUT2D eigenvalue weighted by atomic mass is 10.0. The second kappa shape index (κ2) is 18.3. The lowest BCUT2D eigenvalue weighted by molar-refractivity contribution is 0.307. The number of pyridine rings is 2. The fourth-order valence-corrected chi connectivity index (χ4v) is 4.73. The van der Waals surface area contributed by atoms with Gasteiger partial charge in [0.2, 0.25) is 0 Å². The summed E-state index contributed by atoms with van der Waals surface area (Å²) >= 11 is 0. The SMILES string of the molecule is CCCCCCCCCCCCCCCCCCOc1cc(N=Nc2ccccn2)c(O)c2ncccc12. The number of rotatable bonds is 20. The highest BCUT2D eigenvalue weighted by Gasteiger charge is 2.13. The number of unbranched alkanes of at least 4 members (excludes halogenated alkanes) is 15. The molecule has 206 valence electrons. The van der Waals surface area contributed by atoms with Gasteiger partial charge in [-0.25, -0.2) is 4.98 Å². The third-order valence-electron chi connectivity index (χ3n) is 6.97. The number of hydrogen-bond donors (Lipinski definition) is 1. The maximum absolute atomic E-state index is 10.7. The molecule has 2 heterocycles. The maximum Gasteiger partial charge on any atom is 0.174 e. The Balaban J connectivity index is 1.31. The summed E-state index contributed by atoms with van der Waals surface area (Å²) in [6.45, 7) is 2.91. The van der Waals surface area contributed by atoms with Crippen LogP contribution < -0.4 is 4.74 Å². The Morgan fingerprint density at radius 2 is 1.29 bits per heavy atom. The van der Waals surface area contributed by atoms with Crippen molar-refractivity contribution >= 4 is 22.4 Å². The van der Waals surface area contributed by atoms with Crippen LogP contribution in [0.5, 0.6) is 11.5 Å². The molecule has 1 N–H and O–H groups in total. The molecule has 0 fully saturated rings. The van der Waals surface area contributed by atoms with E-state index in [1.165, 1.54) is 96.3 Å². The predicted molar refractivity (Wildman–Crippen MR) is 157 cm³/mol. The van der Waals surface area contributed by atoms with Crippen molar-refractivity contribution in [1.82, 2.24) is 9.97 Å². The Kier molecular flexibility index (Phi) is 14.2. The van der Waals surface area contributed by atoms with E-state index in [0.717, 1.165) is 11.8 Å². The predicted octanol–water partition coefficient (Wildman–Crippen LogP) is 10.4. The van der Waals surface area contributed by atoms with E-state index in [-0.39, 0.29) is 5.75 Å². The lowest BCUT2D eigenvalue weighted by Gasteiger charge is -2.11. The number of aromatic nitrogens is 2. The van der Waals surface area contributed by atoms with Gasteiger partial charge in [0.05, 0.1) is 6.61 Å². The molecule has 0 aliphatic rings. The zero-order chi connectivity index (χ0) is 26.7. The van der Waals surface area contributed by atoms with Gasteiger partial charge in [-0.2, -0.15) is 0 Å². The van der Waals surface area contributed by atoms with Crippen LogP contribution in [0.2, 0.25) is 0 Å². The Bertz CT molecular complexity index is 1070. The van der Waals surface area contributed by atoms with E-state index >= 15 is 0 Å². The van der Waals surface area contributed by atoms with Crippen LogP contribution in [0.4, 0.5) is 11.5 Å². The smallest absolute Gasteiger partial charge is 0.174 e. The third kappa shape index (κ3) is 10.8. The fraction of sp³-hybridized carbons (Fsp3) is 0.562. The molecule has 6 heteroatoms. The molecule has 1 aromatic carbocycles. The van der Waals surface area contributed by atoms with E-state index in [9.17, 15) is 5.11 Å². The minimum atomic E-state index is -0.00459. The van der Waals surface area contributed by atoms with Crippen LogP contribution in [0.1, 0.15) is 110 Å². The molecule has 6 nitrogen and oxygen atoms in total. The standard InChI is InChI=1S/C32H46N4O2/c1-2-3-4-5-6-7-8-9-10-11-12-13-14-15-16-19-25-38-29-26-28(35-36-30-22-17-18-23-33-30)32(37)31-27(29)21-20-24-34-31/h17-18,20-24,26,37H,2-16,19,25H2,1H3. The molecule has 2 aromatic heterocycles. The normalized spacial score (nSPS) is 11.5. The van der Waals surface area contributed by atoms with Crippen LogP contribution >= 0.6 is 0 Å². The molecule has 0 saturated carbocycles. The number of phenols is 1. The summed E-state index contributed by atoms with van der Waals surface area (Å²) in [5, 5.41) is 19.8. The molecule has 3 aromatic rings.